The Balaban J connectivity index is 1.53. The lowest BCUT2D eigenvalue weighted by atomic mass is 10.0. The quantitative estimate of drug-likeness (QED) is 0.401. The molecule has 1 atom stereocenters. The van der Waals surface area contributed by atoms with Gasteiger partial charge in [0.1, 0.15) is 0 Å². The first-order chi connectivity index (χ1) is 13.8. The van der Waals surface area contributed by atoms with Gasteiger partial charge in [-0.1, -0.05) is 23.7 Å². The fourth-order valence-corrected chi connectivity index (χ4v) is 3.55. The Hall–Kier alpha value is -2.09. The highest BCUT2D eigenvalue weighted by molar-refractivity contribution is 6.30. The topological polar surface area (TPSA) is 66.7 Å². The van der Waals surface area contributed by atoms with E-state index in [0.29, 0.717) is 0 Å². The minimum absolute atomic E-state index is 0.213. The van der Waals surface area contributed by atoms with Crippen LogP contribution in [-0.4, -0.2) is 67.1 Å². The monoisotopic (exact) mass is 404 g/mol. The standard InChI is InChI=1S/C20H29ClN6O/c1-22-20(23-7-3-9-27-10-4-8-25-27)24-16-19(26-11-13-28-14-12-26)17-5-2-6-18(21)15-17/h2,4-6,8,10,15,19H,3,7,9,11-14,16H2,1H3,(H2,22,23,24). The molecule has 1 fully saturated rings. The minimum atomic E-state index is 0.213. The van der Waals surface area contributed by atoms with Crippen molar-refractivity contribution in [3.8, 4) is 0 Å². The smallest absolute Gasteiger partial charge is 0.191 e. The molecule has 152 valence electrons. The number of rotatable bonds is 8. The molecule has 0 spiro atoms. The molecule has 0 bridgehead atoms. The summed E-state index contributed by atoms with van der Waals surface area (Å²) in [5.74, 6) is 0.806. The molecular formula is C20H29ClN6O. The highest BCUT2D eigenvalue weighted by atomic mass is 35.5. The van der Waals surface area contributed by atoms with Gasteiger partial charge in [-0.25, -0.2) is 0 Å². The summed E-state index contributed by atoms with van der Waals surface area (Å²) in [5.41, 5.74) is 1.20. The van der Waals surface area contributed by atoms with Crippen molar-refractivity contribution in [1.82, 2.24) is 25.3 Å². The van der Waals surface area contributed by atoms with Crippen molar-refractivity contribution in [3.05, 3.63) is 53.3 Å². The van der Waals surface area contributed by atoms with Gasteiger partial charge in [-0.05, 0) is 30.2 Å². The maximum Gasteiger partial charge on any atom is 0.191 e. The number of aliphatic imine (C=N–C) groups is 1. The molecule has 0 aliphatic carbocycles. The predicted octanol–water partition coefficient (Wildman–Crippen LogP) is 2.17. The third kappa shape index (κ3) is 6.22. The van der Waals surface area contributed by atoms with E-state index in [9.17, 15) is 0 Å². The summed E-state index contributed by atoms with van der Waals surface area (Å²) >= 11 is 6.24. The number of ether oxygens (including phenoxy) is 1. The summed E-state index contributed by atoms with van der Waals surface area (Å²) in [6.45, 7) is 5.81. The van der Waals surface area contributed by atoms with E-state index in [1.165, 1.54) is 5.56 Å². The molecule has 1 saturated heterocycles. The number of hydrogen-bond donors (Lipinski definition) is 2. The number of nitrogens with one attached hydrogen (secondary N) is 2. The molecule has 0 saturated carbocycles. The van der Waals surface area contributed by atoms with Crippen molar-refractivity contribution >= 4 is 17.6 Å². The third-order valence-corrected chi connectivity index (χ3v) is 5.06. The van der Waals surface area contributed by atoms with Gasteiger partial charge in [-0.15, -0.1) is 0 Å². The lowest BCUT2D eigenvalue weighted by Gasteiger charge is -2.35. The maximum atomic E-state index is 6.24. The summed E-state index contributed by atoms with van der Waals surface area (Å²) in [6, 6.07) is 10.3. The number of nitrogens with zero attached hydrogens (tertiary/aromatic N) is 4. The van der Waals surface area contributed by atoms with Gasteiger partial charge in [-0.2, -0.15) is 5.10 Å². The molecule has 0 amide bonds. The number of morpholine rings is 1. The summed E-state index contributed by atoms with van der Waals surface area (Å²) < 4.78 is 7.46. The third-order valence-electron chi connectivity index (χ3n) is 4.82. The molecule has 8 heteroatoms. The van der Waals surface area contributed by atoms with Crippen LogP contribution >= 0.6 is 11.6 Å². The van der Waals surface area contributed by atoms with Crippen molar-refractivity contribution in [2.24, 2.45) is 4.99 Å². The highest BCUT2D eigenvalue weighted by Crippen LogP contribution is 2.23. The average Bonchev–Trinajstić information content (AvgIpc) is 3.24. The van der Waals surface area contributed by atoms with Crippen LogP contribution < -0.4 is 10.6 Å². The van der Waals surface area contributed by atoms with Crippen LogP contribution in [0.5, 0.6) is 0 Å². The molecule has 1 aromatic carbocycles. The van der Waals surface area contributed by atoms with E-state index < -0.39 is 0 Å². The van der Waals surface area contributed by atoms with Gasteiger partial charge in [0.2, 0.25) is 0 Å². The normalized spacial score (nSPS) is 16.7. The lowest BCUT2D eigenvalue weighted by molar-refractivity contribution is 0.0170. The van der Waals surface area contributed by atoms with Gasteiger partial charge in [0.15, 0.2) is 5.96 Å². The molecule has 0 radical (unpaired) electrons. The van der Waals surface area contributed by atoms with Crippen LogP contribution in [0.15, 0.2) is 47.7 Å². The van der Waals surface area contributed by atoms with Gasteiger partial charge in [-0.3, -0.25) is 14.6 Å². The molecule has 3 rings (SSSR count). The van der Waals surface area contributed by atoms with Gasteiger partial charge in [0.05, 0.1) is 19.3 Å². The number of guanidine groups is 1. The molecule has 2 N–H and O–H groups in total. The summed E-state index contributed by atoms with van der Waals surface area (Å²) in [4.78, 5) is 6.79. The van der Waals surface area contributed by atoms with Crippen LogP contribution in [0.25, 0.3) is 0 Å². The molecule has 2 aromatic rings. The number of benzene rings is 1. The minimum Gasteiger partial charge on any atom is -0.379 e. The zero-order chi connectivity index (χ0) is 19.6. The molecule has 28 heavy (non-hydrogen) atoms. The second-order valence-electron chi connectivity index (χ2n) is 6.72. The molecule has 1 aliphatic rings. The Labute approximate surface area is 171 Å². The predicted molar refractivity (Wildman–Crippen MR) is 113 cm³/mol. The van der Waals surface area contributed by atoms with E-state index in [1.807, 2.05) is 35.1 Å². The van der Waals surface area contributed by atoms with Crippen LogP contribution in [0, 0.1) is 0 Å². The lowest BCUT2D eigenvalue weighted by Crippen LogP contribution is -2.46. The largest absolute Gasteiger partial charge is 0.379 e. The van der Waals surface area contributed by atoms with Crippen LogP contribution in [0.3, 0.4) is 0 Å². The van der Waals surface area contributed by atoms with E-state index in [0.717, 1.165) is 63.3 Å². The average molecular weight is 405 g/mol. The first-order valence-electron chi connectivity index (χ1n) is 9.75. The first-order valence-corrected chi connectivity index (χ1v) is 10.1. The molecule has 2 heterocycles. The van der Waals surface area contributed by atoms with E-state index in [2.05, 4.69) is 31.7 Å². The van der Waals surface area contributed by atoms with Gasteiger partial charge < -0.3 is 15.4 Å². The van der Waals surface area contributed by atoms with Crippen LogP contribution in [0.4, 0.5) is 0 Å². The Morgan fingerprint density at radius 3 is 2.86 bits per heavy atom. The molecule has 7 nitrogen and oxygen atoms in total. The summed E-state index contributed by atoms with van der Waals surface area (Å²) in [7, 11) is 1.80. The fraction of sp³-hybridized carbons (Fsp3) is 0.500. The number of hydrogen-bond acceptors (Lipinski definition) is 4. The molecular weight excluding hydrogens is 376 g/mol. The number of aryl methyl sites for hydroxylation is 1. The van der Waals surface area contributed by atoms with Crippen LogP contribution in [-0.2, 0) is 11.3 Å². The van der Waals surface area contributed by atoms with E-state index in [4.69, 9.17) is 16.3 Å². The van der Waals surface area contributed by atoms with Crippen molar-refractivity contribution in [3.63, 3.8) is 0 Å². The van der Waals surface area contributed by atoms with Gasteiger partial charge >= 0.3 is 0 Å². The van der Waals surface area contributed by atoms with E-state index in [1.54, 1.807) is 13.2 Å². The zero-order valence-corrected chi connectivity index (χ0v) is 17.1. The van der Waals surface area contributed by atoms with Crippen molar-refractivity contribution < 1.29 is 4.74 Å². The van der Waals surface area contributed by atoms with Crippen LogP contribution in [0.2, 0.25) is 5.02 Å². The summed E-state index contributed by atoms with van der Waals surface area (Å²) in [6.07, 6.45) is 4.75. The van der Waals surface area contributed by atoms with Crippen LogP contribution in [0.1, 0.15) is 18.0 Å². The molecule has 1 unspecified atom stereocenters. The summed E-state index contributed by atoms with van der Waals surface area (Å²) in [5, 5.41) is 11.8. The maximum absolute atomic E-state index is 6.24. The van der Waals surface area contributed by atoms with E-state index in [-0.39, 0.29) is 6.04 Å². The van der Waals surface area contributed by atoms with Crippen molar-refractivity contribution in [1.29, 1.82) is 0 Å². The van der Waals surface area contributed by atoms with Gasteiger partial charge in [0.25, 0.3) is 0 Å². The van der Waals surface area contributed by atoms with Crippen molar-refractivity contribution in [2.45, 2.75) is 19.0 Å². The first kappa shape index (κ1) is 20.6. The van der Waals surface area contributed by atoms with Crippen molar-refractivity contribution in [2.75, 3.05) is 46.4 Å². The number of aromatic nitrogens is 2. The molecule has 1 aliphatic heterocycles. The Bertz CT molecular complexity index is 730. The fourth-order valence-electron chi connectivity index (χ4n) is 3.36. The SMILES string of the molecule is CN=C(NCCCn1cccn1)NCC(c1cccc(Cl)c1)N1CCOCC1. The second-order valence-corrected chi connectivity index (χ2v) is 7.16. The number of halogens is 1. The second kappa shape index (κ2) is 11.0. The Kier molecular flexibility index (Phi) is 8.14. The Morgan fingerprint density at radius 2 is 2.14 bits per heavy atom. The molecule has 1 aromatic heterocycles. The van der Waals surface area contributed by atoms with E-state index >= 15 is 0 Å². The Morgan fingerprint density at radius 1 is 1.29 bits per heavy atom. The zero-order valence-electron chi connectivity index (χ0n) is 16.4. The van der Waals surface area contributed by atoms with Gasteiger partial charge in [0, 0.05) is 57.2 Å². The highest BCUT2D eigenvalue weighted by Gasteiger charge is 2.23.